The second kappa shape index (κ2) is 6.89. The molecule has 1 heterocycles. The Labute approximate surface area is 148 Å². The summed E-state index contributed by atoms with van der Waals surface area (Å²) < 4.78 is 28.5. The molecule has 0 aliphatic carbocycles. The van der Waals surface area contributed by atoms with Crippen molar-refractivity contribution in [3.63, 3.8) is 0 Å². The van der Waals surface area contributed by atoms with Gasteiger partial charge in [0.05, 0.1) is 0 Å². The summed E-state index contributed by atoms with van der Waals surface area (Å²) >= 11 is 0. The van der Waals surface area contributed by atoms with Crippen LogP contribution in [0.4, 0.5) is 0 Å². The minimum absolute atomic E-state index is 1.02. The molecule has 0 saturated carbocycles. The van der Waals surface area contributed by atoms with E-state index in [-0.39, 0.29) is 0 Å². The largest absolute Gasteiger partial charge is 0.416 e. The van der Waals surface area contributed by atoms with Gasteiger partial charge >= 0.3 is 34.2 Å². The smallest absolute Gasteiger partial charge is 0.317 e. The quantitative estimate of drug-likeness (QED) is 0.654. The number of hydrogen-bond donors (Lipinski definition) is 0. The Morgan fingerprint density at radius 3 is 1.39 bits per heavy atom. The SMILES string of the molecule is CN(C)[Si](C)(C)CC[Si]1(C)O[Si](C)(C)O[Si](C)(C)O[Si](C)(C)O1. The van der Waals surface area contributed by atoms with Gasteiger partial charge in [-0.25, -0.2) is 0 Å². The van der Waals surface area contributed by atoms with E-state index in [0.717, 1.165) is 6.04 Å². The molecule has 1 rings (SSSR count). The fourth-order valence-electron chi connectivity index (χ4n) is 3.17. The van der Waals surface area contributed by atoms with Crippen molar-refractivity contribution in [3.8, 4) is 0 Å². The third kappa shape index (κ3) is 6.95. The summed E-state index contributed by atoms with van der Waals surface area (Å²) in [5.41, 5.74) is 0. The molecule has 5 nitrogen and oxygen atoms in total. The minimum atomic E-state index is -2.30. The van der Waals surface area contributed by atoms with Crippen molar-refractivity contribution in [1.82, 2.24) is 4.57 Å². The average molecular weight is 412 g/mol. The minimum Gasteiger partial charge on any atom is -0.416 e. The van der Waals surface area contributed by atoms with Crippen LogP contribution in [0.2, 0.25) is 71.0 Å². The molecule has 0 aromatic heterocycles. The molecule has 1 fully saturated rings. The fraction of sp³-hybridized carbons (Fsp3) is 1.00. The van der Waals surface area contributed by atoms with Gasteiger partial charge in [0.1, 0.15) is 8.24 Å². The number of nitrogens with zero attached hydrogens (tertiary/aromatic N) is 1. The Bertz CT molecular complexity index is 407. The first-order valence-corrected chi connectivity index (χ1v) is 22.6. The van der Waals surface area contributed by atoms with Crippen molar-refractivity contribution < 1.29 is 16.5 Å². The topological polar surface area (TPSA) is 40.2 Å². The maximum atomic E-state index is 6.64. The Balaban J connectivity index is 2.99. The summed E-state index contributed by atoms with van der Waals surface area (Å²) in [6.45, 7) is 19.8. The Morgan fingerprint density at radius 1 is 0.696 bits per heavy atom. The van der Waals surface area contributed by atoms with E-state index in [1.807, 2.05) is 0 Å². The van der Waals surface area contributed by atoms with E-state index in [0.29, 0.717) is 0 Å². The first-order valence-electron chi connectivity index (χ1n) is 8.46. The van der Waals surface area contributed by atoms with Crippen LogP contribution in [0, 0.1) is 0 Å². The molecule has 0 amide bonds. The lowest BCUT2D eigenvalue weighted by atomic mass is 10.9. The molecule has 0 spiro atoms. The monoisotopic (exact) mass is 411 g/mol. The van der Waals surface area contributed by atoms with E-state index in [1.54, 1.807) is 0 Å². The molecular formula is C13H37NO4Si5. The van der Waals surface area contributed by atoms with Crippen molar-refractivity contribution in [2.24, 2.45) is 0 Å². The zero-order valence-corrected chi connectivity index (χ0v) is 22.0. The van der Waals surface area contributed by atoms with Crippen molar-refractivity contribution in [3.05, 3.63) is 0 Å². The van der Waals surface area contributed by atoms with Crippen LogP contribution in [0.25, 0.3) is 0 Å². The molecular weight excluding hydrogens is 375 g/mol. The van der Waals surface area contributed by atoms with E-state index in [4.69, 9.17) is 16.5 Å². The van der Waals surface area contributed by atoms with E-state index in [2.05, 4.69) is 77.6 Å². The second-order valence-corrected chi connectivity index (χ2v) is 28.4. The Hall–Kier alpha value is 0.884. The van der Waals surface area contributed by atoms with Crippen LogP contribution in [0.3, 0.4) is 0 Å². The highest BCUT2D eigenvalue weighted by atomic mass is 28.5. The molecule has 1 aliphatic rings. The lowest BCUT2D eigenvalue weighted by molar-refractivity contribution is 0.235. The van der Waals surface area contributed by atoms with E-state index < -0.39 is 42.5 Å². The van der Waals surface area contributed by atoms with Gasteiger partial charge in [-0.05, 0) is 72.0 Å². The first-order chi connectivity index (χ1) is 9.98. The van der Waals surface area contributed by atoms with Crippen LogP contribution in [0.1, 0.15) is 0 Å². The molecule has 138 valence electrons. The summed E-state index contributed by atoms with van der Waals surface area (Å²) in [5.74, 6) is 0. The molecule has 0 atom stereocenters. The second-order valence-electron chi connectivity index (χ2n) is 8.95. The van der Waals surface area contributed by atoms with Crippen molar-refractivity contribution in [1.29, 1.82) is 0 Å². The predicted molar refractivity (Wildman–Crippen MR) is 109 cm³/mol. The van der Waals surface area contributed by atoms with Gasteiger partial charge in [0.2, 0.25) is 0 Å². The summed E-state index contributed by atoms with van der Waals surface area (Å²) in [4.78, 5) is 0. The Morgan fingerprint density at radius 2 is 1.04 bits per heavy atom. The van der Waals surface area contributed by atoms with Crippen LogP contribution in [-0.2, 0) is 16.5 Å². The summed E-state index contributed by atoms with van der Waals surface area (Å²) in [5, 5.41) is 0. The van der Waals surface area contributed by atoms with Crippen LogP contribution in [0.5, 0.6) is 0 Å². The van der Waals surface area contributed by atoms with Crippen molar-refractivity contribution in [2.75, 3.05) is 14.1 Å². The van der Waals surface area contributed by atoms with E-state index >= 15 is 0 Å². The molecule has 0 unspecified atom stereocenters. The zero-order chi connectivity index (χ0) is 18.3. The third-order valence-electron chi connectivity index (χ3n) is 4.31. The highest BCUT2D eigenvalue weighted by molar-refractivity contribution is 6.93. The standard InChI is InChI=1S/C13H37NO4Si5/c1-14(2)19(3,4)12-13-23(11)17-21(7,8)15-20(5,6)16-22(9,10)18-23/h12-13H2,1-11H3. The molecule has 0 N–H and O–H groups in total. The van der Waals surface area contributed by atoms with Gasteiger partial charge in [-0.1, -0.05) is 13.1 Å². The van der Waals surface area contributed by atoms with Crippen LogP contribution >= 0.6 is 0 Å². The van der Waals surface area contributed by atoms with Gasteiger partial charge in [0.25, 0.3) is 0 Å². The van der Waals surface area contributed by atoms with Gasteiger partial charge in [-0.3, -0.25) is 0 Å². The Kier molecular flexibility index (Phi) is 6.57. The molecule has 1 saturated heterocycles. The molecule has 0 aromatic carbocycles. The van der Waals surface area contributed by atoms with Gasteiger partial charge < -0.3 is 21.0 Å². The molecule has 1 aliphatic heterocycles. The molecule has 10 heteroatoms. The molecule has 0 aromatic rings. The first kappa shape index (κ1) is 21.9. The number of hydrogen-bond acceptors (Lipinski definition) is 5. The molecule has 23 heavy (non-hydrogen) atoms. The van der Waals surface area contributed by atoms with Crippen molar-refractivity contribution in [2.45, 2.75) is 71.0 Å². The van der Waals surface area contributed by atoms with Gasteiger partial charge in [-0.15, -0.1) is 0 Å². The highest BCUT2D eigenvalue weighted by Crippen LogP contribution is 2.34. The van der Waals surface area contributed by atoms with Crippen LogP contribution < -0.4 is 0 Å². The third-order valence-corrected chi connectivity index (χ3v) is 25.1. The van der Waals surface area contributed by atoms with Crippen LogP contribution in [0.15, 0.2) is 0 Å². The maximum Gasteiger partial charge on any atom is 0.317 e. The molecule has 0 radical (unpaired) electrons. The van der Waals surface area contributed by atoms with Crippen LogP contribution in [-0.4, -0.2) is 61.1 Å². The van der Waals surface area contributed by atoms with Crippen molar-refractivity contribution >= 4 is 42.5 Å². The normalized spacial score (nSPS) is 26.6. The van der Waals surface area contributed by atoms with Gasteiger partial charge in [0, 0.05) is 0 Å². The number of rotatable bonds is 4. The maximum absolute atomic E-state index is 6.64. The predicted octanol–water partition coefficient (Wildman–Crippen LogP) is 4.01. The lowest BCUT2D eigenvalue weighted by Crippen LogP contribution is -2.65. The summed E-state index contributed by atoms with van der Waals surface area (Å²) in [6, 6.07) is 2.20. The average Bonchev–Trinajstić information content (AvgIpc) is 2.19. The lowest BCUT2D eigenvalue weighted by Gasteiger charge is -2.48. The van der Waals surface area contributed by atoms with E-state index in [1.165, 1.54) is 6.04 Å². The summed E-state index contributed by atoms with van der Waals surface area (Å²) in [6.07, 6.45) is 0. The van der Waals surface area contributed by atoms with Gasteiger partial charge in [0.15, 0.2) is 0 Å². The fourth-order valence-corrected chi connectivity index (χ4v) is 28.6. The molecule has 0 bridgehead atoms. The highest BCUT2D eigenvalue weighted by Gasteiger charge is 2.52. The summed E-state index contributed by atoms with van der Waals surface area (Å²) in [7, 11) is -5.98. The van der Waals surface area contributed by atoms with E-state index in [9.17, 15) is 0 Å². The zero-order valence-electron chi connectivity index (χ0n) is 17.0. The van der Waals surface area contributed by atoms with Gasteiger partial charge in [-0.2, -0.15) is 0 Å².